The molecule has 1 fully saturated rings. The third kappa shape index (κ3) is 9.47. The number of sulfonamides is 1. The summed E-state index contributed by atoms with van der Waals surface area (Å²) in [4.78, 5) is 6.65. The second-order valence-electron chi connectivity index (χ2n) is 6.57. The molecule has 2 heterocycles. The van der Waals surface area contributed by atoms with Crippen molar-refractivity contribution >= 4 is 51.3 Å². The van der Waals surface area contributed by atoms with Crippen LogP contribution in [-0.2, 0) is 19.5 Å². The summed E-state index contributed by atoms with van der Waals surface area (Å²) in [5.74, 6) is 0.674. The molecule has 1 saturated heterocycles. The maximum absolute atomic E-state index is 12.4. The van der Waals surface area contributed by atoms with E-state index < -0.39 is 10.0 Å². The third-order valence-electron chi connectivity index (χ3n) is 4.15. The van der Waals surface area contributed by atoms with Crippen molar-refractivity contribution in [2.45, 2.75) is 44.6 Å². The van der Waals surface area contributed by atoms with E-state index in [1.54, 1.807) is 6.07 Å². The number of rotatable bonds is 11. The topological polar surface area (TPSA) is 101 Å². The summed E-state index contributed by atoms with van der Waals surface area (Å²) in [6.45, 7) is 9.97. The lowest BCUT2D eigenvalue weighted by molar-refractivity contribution is 0.0424. The van der Waals surface area contributed by atoms with Gasteiger partial charge in [0.25, 0.3) is 0 Å². The number of aryl methyl sites for hydroxylation is 2. The molecule has 29 heavy (non-hydrogen) atoms. The molecule has 0 aliphatic carbocycles. The Hall–Kier alpha value is -0.470. The van der Waals surface area contributed by atoms with Gasteiger partial charge in [0.2, 0.25) is 10.0 Å². The number of ether oxygens (including phenoxy) is 2. The van der Waals surface area contributed by atoms with E-state index in [2.05, 4.69) is 20.3 Å². The zero-order chi connectivity index (χ0) is 20.4. The Morgan fingerprint density at radius 1 is 1.34 bits per heavy atom. The fourth-order valence-electron chi connectivity index (χ4n) is 2.81. The highest BCUT2D eigenvalue weighted by Crippen LogP contribution is 2.24. The molecular weight excluding hydrogens is 527 g/mol. The van der Waals surface area contributed by atoms with Crippen LogP contribution in [0.4, 0.5) is 0 Å². The van der Waals surface area contributed by atoms with Crippen LogP contribution >= 0.6 is 35.3 Å². The summed E-state index contributed by atoms with van der Waals surface area (Å²) < 4.78 is 38.4. The fourth-order valence-corrected chi connectivity index (χ4v) is 5.39. The molecule has 1 aromatic heterocycles. The Kier molecular flexibility index (Phi) is 12.6. The van der Waals surface area contributed by atoms with Crippen molar-refractivity contribution in [1.82, 2.24) is 15.4 Å². The van der Waals surface area contributed by atoms with E-state index in [0.29, 0.717) is 37.2 Å². The van der Waals surface area contributed by atoms with Gasteiger partial charge < -0.3 is 20.1 Å². The molecular formula is C18H33IN4O4S2. The summed E-state index contributed by atoms with van der Waals surface area (Å²) in [6, 6.07) is 1.71. The lowest BCUT2D eigenvalue weighted by Crippen LogP contribution is -2.41. The van der Waals surface area contributed by atoms with Gasteiger partial charge in [-0.05, 0) is 39.7 Å². The van der Waals surface area contributed by atoms with Crippen LogP contribution in [0, 0.1) is 13.8 Å². The second kappa shape index (κ2) is 13.8. The highest BCUT2D eigenvalue weighted by atomic mass is 127. The second-order valence-corrected chi connectivity index (χ2v) is 9.77. The summed E-state index contributed by atoms with van der Waals surface area (Å²) in [5.41, 5.74) is 0. The number of hydrogen-bond donors (Lipinski definition) is 3. The first-order valence-corrected chi connectivity index (χ1v) is 12.0. The summed E-state index contributed by atoms with van der Waals surface area (Å²) in [6.07, 6.45) is 2.02. The van der Waals surface area contributed by atoms with Crippen LogP contribution in [0.15, 0.2) is 16.0 Å². The highest BCUT2D eigenvalue weighted by molar-refractivity contribution is 14.0. The molecule has 0 bridgehead atoms. The zero-order valence-corrected chi connectivity index (χ0v) is 21.3. The molecule has 11 heteroatoms. The van der Waals surface area contributed by atoms with Gasteiger partial charge in [-0.1, -0.05) is 0 Å². The van der Waals surface area contributed by atoms with Crippen molar-refractivity contribution in [3.63, 3.8) is 0 Å². The number of thiophene rings is 1. The number of nitrogens with one attached hydrogen (secondary N) is 3. The van der Waals surface area contributed by atoms with E-state index in [-0.39, 0.29) is 36.6 Å². The average molecular weight is 561 g/mol. The van der Waals surface area contributed by atoms with Gasteiger partial charge in [0, 0.05) is 49.1 Å². The van der Waals surface area contributed by atoms with Gasteiger partial charge in [-0.25, -0.2) is 13.1 Å². The van der Waals surface area contributed by atoms with E-state index >= 15 is 0 Å². The zero-order valence-electron chi connectivity index (χ0n) is 17.3. The largest absolute Gasteiger partial charge is 0.379 e. The van der Waals surface area contributed by atoms with Gasteiger partial charge in [-0.15, -0.1) is 35.3 Å². The minimum atomic E-state index is -3.48. The molecule has 0 radical (unpaired) electrons. The predicted octanol–water partition coefficient (Wildman–Crippen LogP) is 2.01. The Bertz CT molecular complexity index is 734. The first kappa shape index (κ1) is 26.6. The van der Waals surface area contributed by atoms with Crippen molar-refractivity contribution in [1.29, 1.82) is 0 Å². The monoisotopic (exact) mass is 560 g/mol. The van der Waals surface area contributed by atoms with Gasteiger partial charge in [-0.2, -0.15) is 0 Å². The van der Waals surface area contributed by atoms with Crippen molar-refractivity contribution in [2.24, 2.45) is 4.99 Å². The maximum Gasteiger partial charge on any atom is 0.241 e. The van der Waals surface area contributed by atoms with Gasteiger partial charge >= 0.3 is 0 Å². The molecule has 1 aliphatic rings. The lowest BCUT2D eigenvalue weighted by Gasteiger charge is -2.12. The molecule has 1 aromatic rings. The molecule has 3 N–H and O–H groups in total. The molecule has 0 aromatic carbocycles. The number of halogens is 1. The molecule has 1 aliphatic heterocycles. The summed E-state index contributed by atoms with van der Waals surface area (Å²) in [5, 5.41) is 6.31. The van der Waals surface area contributed by atoms with Crippen LogP contribution < -0.4 is 15.4 Å². The Morgan fingerprint density at radius 3 is 2.76 bits per heavy atom. The molecule has 0 amide bonds. The number of aliphatic imine (C=N–C) groups is 1. The van der Waals surface area contributed by atoms with Crippen LogP contribution in [-0.4, -0.2) is 66.5 Å². The SMILES string of the molecule is CCNC(=NCCCOC1CCOC1)NCCNS(=O)(=O)c1cc(C)sc1C.I. The first-order chi connectivity index (χ1) is 13.4. The standard InChI is InChI=1S/C18H32N4O4S2.HI/c1-4-19-18(20-7-5-10-26-16-6-11-25-13-16)21-8-9-22-28(23,24)17-12-14(2)27-15(17)3;/h12,16,22H,4-11,13H2,1-3H3,(H2,19,20,21);1H. The maximum atomic E-state index is 12.4. The molecule has 168 valence electrons. The average Bonchev–Trinajstić information content (AvgIpc) is 3.27. The van der Waals surface area contributed by atoms with Gasteiger partial charge in [0.1, 0.15) is 0 Å². The summed E-state index contributed by atoms with van der Waals surface area (Å²) >= 11 is 1.49. The Balaban J connectivity index is 0.00000420. The molecule has 0 saturated carbocycles. The van der Waals surface area contributed by atoms with E-state index in [0.717, 1.165) is 35.7 Å². The highest BCUT2D eigenvalue weighted by Gasteiger charge is 2.18. The van der Waals surface area contributed by atoms with E-state index in [9.17, 15) is 8.42 Å². The van der Waals surface area contributed by atoms with Crippen LogP contribution in [0.1, 0.15) is 29.5 Å². The Morgan fingerprint density at radius 2 is 2.14 bits per heavy atom. The minimum Gasteiger partial charge on any atom is -0.379 e. The van der Waals surface area contributed by atoms with Crippen LogP contribution in [0.3, 0.4) is 0 Å². The number of hydrogen-bond acceptors (Lipinski definition) is 6. The van der Waals surface area contributed by atoms with Crippen molar-refractivity contribution < 1.29 is 17.9 Å². The van der Waals surface area contributed by atoms with Crippen molar-refractivity contribution in [3.05, 3.63) is 15.8 Å². The van der Waals surface area contributed by atoms with Gasteiger partial charge in [0.05, 0.1) is 17.6 Å². The lowest BCUT2D eigenvalue weighted by atomic mass is 10.3. The molecule has 1 atom stereocenters. The molecule has 8 nitrogen and oxygen atoms in total. The van der Waals surface area contributed by atoms with Crippen LogP contribution in [0.2, 0.25) is 0 Å². The molecule has 0 spiro atoms. The Labute approximate surface area is 195 Å². The van der Waals surface area contributed by atoms with E-state index in [4.69, 9.17) is 9.47 Å². The normalized spacial score (nSPS) is 17.2. The van der Waals surface area contributed by atoms with Crippen LogP contribution in [0.25, 0.3) is 0 Å². The van der Waals surface area contributed by atoms with Crippen molar-refractivity contribution in [2.75, 3.05) is 46.0 Å². The molecule has 1 unspecified atom stereocenters. The smallest absolute Gasteiger partial charge is 0.241 e. The number of nitrogens with zero attached hydrogens (tertiary/aromatic N) is 1. The van der Waals surface area contributed by atoms with Crippen molar-refractivity contribution in [3.8, 4) is 0 Å². The van der Waals surface area contributed by atoms with E-state index in [1.165, 1.54) is 11.3 Å². The van der Waals surface area contributed by atoms with E-state index in [1.807, 2.05) is 20.8 Å². The fraction of sp³-hybridized carbons (Fsp3) is 0.722. The molecule has 2 rings (SSSR count). The minimum absolute atomic E-state index is 0. The van der Waals surface area contributed by atoms with Crippen LogP contribution in [0.5, 0.6) is 0 Å². The number of guanidine groups is 1. The first-order valence-electron chi connectivity index (χ1n) is 9.70. The predicted molar refractivity (Wildman–Crippen MR) is 128 cm³/mol. The summed E-state index contributed by atoms with van der Waals surface area (Å²) in [7, 11) is -3.48. The third-order valence-corrected chi connectivity index (χ3v) is 6.83. The van der Waals surface area contributed by atoms with Gasteiger partial charge in [-0.3, -0.25) is 4.99 Å². The van der Waals surface area contributed by atoms with Gasteiger partial charge in [0.15, 0.2) is 5.96 Å². The quantitative estimate of drug-likeness (QED) is 0.166.